The minimum atomic E-state index is -1.00. The van der Waals surface area contributed by atoms with E-state index >= 15 is 0 Å². The number of ketones is 1. The fourth-order valence-electron chi connectivity index (χ4n) is 3.75. The number of Topliss-reactive ketones (excluding diaryl/α,β-unsaturated/α-hetero) is 1. The molecule has 0 bridgehead atoms. The molecule has 1 fully saturated rings. The molecule has 0 saturated carbocycles. The van der Waals surface area contributed by atoms with Crippen molar-refractivity contribution in [3.05, 3.63) is 64.7 Å². The standard InChI is InChI=1S/C24H25NO7/c1-14-6-8-15(9-7-14)22(28)20-21(17-13-16(31-2)10-11-18(17)32-3)25(24(30)23(20)29)12-4-5-19(26)27/h6-11,13,21,28H,4-5,12H2,1-3H3,(H,26,27)/b22-20-. The van der Waals surface area contributed by atoms with Gasteiger partial charge >= 0.3 is 5.97 Å². The van der Waals surface area contributed by atoms with Crippen molar-refractivity contribution in [3.8, 4) is 11.5 Å². The number of carboxylic acid groups (broad SMARTS) is 1. The summed E-state index contributed by atoms with van der Waals surface area (Å²) in [7, 11) is 2.95. The molecule has 3 rings (SSSR count). The van der Waals surface area contributed by atoms with Crippen LogP contribution in [0, 0.1) is 6.92 Å². The number of nitrogens with zero attached hydrogens (tertiary/aromatic N) is 1. The molecule has 32 heavy (non-hydrogen) atoms. The maximum absolute atomic E-state index is 13.0. The Morgan fingerprint density at radius 1 is 1.03 bits per heavy atom. The molecule has 1 aliphatic rings. The number of carbonyl (C=O) groups excluding carboxylic acids is 2. The highest BCUT2D eigenvalue weighted by Crippen LogP contribution is 2.44. The number of amides is 1. The van der Waals surface area contributed by atoms with Crippen LogP contribution in [0.2, 0.25) is 0 Å². The van der Waals surface area contributed by atoms with E-state index in [4.69, 9.17) is 14.6 Å². The van der Waals surface area contributed by atoms with Crippen LogP contribution >= 0.6 is 0 Å². The zero-order valence-corrected chi connectivity index (χ0v) is 18.1. The van der Waals surface area contributed by atoms with E-state index in [9.17, 15) is 19.5 Å². The zero-order chi connectivity index (χ0) is 23.4. The van der Waals surface area contributed by atoms with E-state index in [-0.39, 0.29) is 30.7 Å². The number of carbonyl (C=O) groups is 3. The number of benzene rings is 2. The molecule has 8 nitrogen and oxygen atoms in total. The van der Waals surface area contributed by atoms with Crippen molar-refractivity contribution in [3.63, 3.8) is 0 Å². The third kappa shape index (κ3) is 4.44. The molecule has 8 heteroatoms. The molecule has 2 aromatic rings. The molecule has 2 N–H and O–H groups in total. The van der Waals surface area contributed by atoms with Gasteiger partial charge in [0.25, 0.3) is 11.7 Å². The number of hydrogen-bond donors (Lipinski definition) is 2. The van der Waals surface area contributed by atoms with E-state index in [0.717, 1.165) is 5.56 Å². The van der Waals surface area contributed by atoms with Crippen LogP contribution in [0.15, 0.2) is 48.0 Å². The van der Waals surface area contributed by atoms with Crippen LogP contribution in [0.1, 0.15) is 35.6 Å². The number of aliphatic carboxylic acids is 1. The largest absolute Gasteiger partial charge is 0.507 e. The molecule has 168 valence electrons. The van der Waals surface area contributed by atoms with Gasteiger partial charge in [-0.05, 0) is 31.5 Å². The van der Waals surface area contributed by atoms with Crippen molar-refractivity contribution in [2.45, 2.75) is 25.8 Å². The first-order chi connectivity index (χ1) is 15.3. The van der Waals surface area contributed by atoms with Crippen molar-refractivity contribution in [1.82, 2.24) is 4.90 Å². The normalized spacial score (nSPS) is 17.5. The minimum Gasteiger partial charge on any atom is -0.507 e. The Morgan fingerprint density at radius 3 is 2.31 bits per heavy atom. The number of aliphatic hydroxyl groups excluding tert-OH is 1. The Labute approximate surface area is 185 Å². The molecule has 1 atom stereocenters. The van der Waals surface area contributed by atoms with Gasteiger partial charge in [0, 0.05) is 24.1 Å². The summed E-state index contributed by atoms with van der Waals surface area (Å²) in [6.45, 7) is 1.92. The van der Waals surface area contributed by atoms with Gasteiger partial charge in [0.05, 0.1) is 25.8 Å². The summed E-state index contributed by atoms with van der Waals surface area (Å²) >= 11 is 0. The van der Waals surface area contributed by atoms with Crippen LogP contribution in [0.4, 0.5) is 0 Å². The van der Waals surface area contributed by atoms with Crippen molar-refractivity contribution < 1.29 is 34.1 Å². The smallest absolute Gasteiger partial charge is 0.303 e. The number of methoxy groups -OCH3 is 2. The average Bonchev–Trinajstić information content (AvgIpc) is 3.03. The minimum absolute atomic E-state index is 0.0204. The second-order valence-electron chi connectivity index (χ2n) is 7.46. The van der Waals surface area contributed by atoms with E-state index < -0.39 is 23.7 Å². The summed E-state index contributed by atoms with van der Waals surface area (Å²) in [5.74, 6) is -2.08. The molecular weight excluding hydrogens is 414 g/mol. The van der Waals surface area contributed by atoms with Gasteiger partial charge in [-0.25, -0.2) is 0 Å². The first kappa shape index (κ1) is 22.9. The first-order valence-electron chi connectivity index (χ1n) is 10.1. The quantitative estimate of drug-likeness (QED) is 0.369. The van der Waals surface area contributed by atoms with E-state index in [2.05, 4.69) is 0 Å². The lowest BCUT2D eigenvalue weighted by Gasteiger charge is -2.26. The number of carboxylic acids is 1. The van der Waals surface area contributed by atoms with Gasteiger partial charge in [-0.15, -0.1) is 0 Å². The van der Waals surface area contributed by atoms with E-state index in [1.807, 2.05) is 6.92 Å². The molecule has 0 spiro atoms. The molecule has 1 aliphatic heterocycles. The Kier molecular flexibility index (Phi) is 6.82. The summed E-state index contributed by atoms with van der Waals surface area (Å²) in [5.41, 5.74) is 1.74. The third-order valence-corrected chi connectivity index (χ3v) is 5.39. The Balaban J connectivity index is 2.19. The number of ether oxygens (including phenoxy) is 2. The van der Waals surface area contributed by atoms with Crippen molar-refractivity contribution in [2.24, 2.45) is 0 Å². The fourth-order valence-corrected chi connectivity index (χ4v) is 3.75. The lowest BCUT2D eigenvalue weighted by atomic mass is 9.94. The number of aryl methyl sites for hydroxylation is 1. The Morgan fingerprint density at radius 2 is 1.72 bits per heavy atom. The lowest BCUT2D eigenvalue weighted by Crippen LogP contribution is -2.31. The van der Waals surface area contributed by atoms with Crippen molar-refractivity contribution >= 4 is 23.4 Å². The SMILES string of the molecule is COc1ccc(OC)c(C2/C(=C(/O)c3ccc(C)cc3)C(=O)C(=O)N2CCCC(=O)O)c1. The molecular formula is C24H25NO7. The van der Waals surface area contributed by atoms with Crippen LogP contribution in [0.25, 0.3) is 5.76 Å². The van der Waals surface area contributed by atoms with Gasteiger partial charge < -0.3 is 24.6 Å². The van der Waals surface area contributed by atoms with Crippen molar-refractivity contribution in [1.29, 1.82) is 0 Å². The molecule has 0 radical (unpaired) electrons. The lowest BCUT2D eigenvalue weighted by molar-refractivity contribution is -0.140. The van der Waals surface area contributed by atoms with Gasteiger partial charge in [-0.3, -0.25) is 14.4 Å². The topological polar surface area (TPSA) is 113 Å². The predicted molar refractivity (Wildman–Crippen MR) is 117 cm³/mol. The van der Waals surface area contributed by atoms with Crippen LogP contribution in [-0.2, 0) is 14.4 Å². The summed E-state index contributed by atoms with van der Waals surface area (Å²) in [5, 5.41) is 20.1. The molecule has 1 saturated heterocycles. The third-order valence-electron chi connectivity index (χ3n) is 5.39. The Hall–Kier alpha value is -3.81. The van der Waals surface area contributed by atoms with Crippen LogP contribution < -0.4 is 9.47 Å². The highest BCUT2D eigenvalue weighted by Gasteiger charge is 2.47. The van der Waals surface area contributed by atoms with Crippen molar-refractivity contribution in [2.75, 3.05) is 20.8 Å². The maximum Gasteiger partial charge on any atom is 0.303 e. The van der Waals surface area contributed by atoms with Gasteiger partial charge in [0.1, 0.15) is 17.3 Å². The molecule has 0 aromatic heterocycles. The number of hydrogen-bond acceptors (Lipinski definition) is 6. The molecule has 0 aliphatic carbocycles. The Bertz CT molecular complexity index is 1070. The number of rotatable bonds is 8. The molecule has 1 heterocycles. The van der Waals surface area contributed by atoms with Crippen LogP contribution in [-0.4, -0.2) is 53.5 Å². The summed E-state index contributed by atoms with van der Waals surface area (Å²) in [6, 6.07) is 10.9. The average molecular weight is 439 g/mol. The second-order valence-corrected chi connectivity index (χ2v) is 7.46. The highest BCUT2D eigenvalue weighted by molar-refractivity contribution is 6.46. The van der Waals surface area contributed by atoms with Crippen LogP contribution in [0.5, 0.6) is 11.5 Å². The monoisotopic (exact) mass is 439 g/mol. The van der Waals surface area contributed by atoms with Gasteiger partial charge in [0.15, 0.2) is 0 Å². The van der Waals surface area contributed by atoms with Crippen LogP contribution in [0.3, 0.4) is 0 Å². The van der Waals surface area contributed by atoms with E-state index in [1.165, 1.54) is 19.1 Å². The first-order valence-corrected chi connectivity index (χ1v) is 10.1. The molecule has 2 aromatic carbocycles. The summed E-state index contributed by atoms with van der Waals surface area (Å²) < 4.78 is 10.8. The summed E-state index contributed by atoms with van der Waals surface area (Å²) in [6.07, 6.45) is -0.0152. The predicted octanol–water partition coefficient (Wildman–Crippen LogP) is 3.30. The van der Waals surface area contributed by atoms with Gasteiger partial charge in [-0.1, -0.05) is 29.8 Å². The maximum atomic E-state index is 13.0. The summed E-state index contributed by atoms with van der Waals surface area (Å²) in [4.78, 5) is 38.2. The number of aliphatic hydroxyl groups is 1. The fraction of sp³-hybridized carbons (Fsp3) is 0.292. The van der Waals surface area contributed by atoms with Gasteiger partial charge in [0.2, 0.25) is 0 Å². The number of likely N-dealkylation sites (tertiary alicyclic amines) is 1. The zero-order valence-electron chi connectivity index (χ0n) is 18.1. The van der Waals surface area contributed by atoms with E-state index in [0.29, 0.717) is 22.6 Å². The highest BCUT2D eigenvalue weighted by atomic mass is 16.5. The van der Waals surface area contributed by atoms with E-state index in [1.54, 1.807) is 42.5 Å². The van der Waals surface area contributed by atoms with Gasteiger partial charge in [-0.2, -0.15) is 0 Å². The second kappa shape index (κ2) is 9.55. The molecule has 1 unspecified atom stereocenters. The molecule has 1 amide bonds.